The predicted octanol–water partition coefficient (Wildman–Crippen LogP) is 2.31. The molecule has 106 valence electrons. The molecule has 0 bridgehead atoms. The molecule has 0 saturated carbocycles. The summed E-state index contributed by atoms with van der Waals surface area (Å²) in [7, 11) is -2.39. The largest absolute Gasteiger partial charge is 0.469 e. The SMILES string of the molecule is COC(=O)C(C)CS(=O)(=O)Cc1ccc(Br)cc1F. The van der Waals surface area contributed by atoms with Gasteiger partial charge in [-0.3, -0.25) is 4.79 Å². The highest BCUT2D eigenvalue weighted by Crippen LogP contribution is 2.18. The van der Waals surface area contributed by atoms with Gasteiger partial charge in [0.15, 0.2) is 9.84 Å². The van der Waals surface area contributed by atoms with Gasteiger partial charge >= 0.3 is 5.97 Å². The Morgan fingerprint density at radius 2 is 2.11 bits per heavy atom. The minimum atomic E-state index is -3.58. The van der Waals surface area contributed by atoms with Crippen molar-refractivity contribution in [3.63, 3.8) is 0 Å². The second kappa shape index (κ2) is 6.47. The molecule has 0 amide bonds. The van der Waals surface area contributed by atoms with Crippen molar-refractivity contribution in [1.82, 2.24) is 0 Å². The fourth-order valence-electron chi connectivity index (χ4n) is 1.58. The van der Waals surface area contributed by atoms with Crippen LogP contribution in [0.25, 0.3) is 0 Å². The van der Waals surface area contributed by atoms with E-state index in [0.717, 1.165) is 0 Å². The van der Waals surface area contributed by atoms with Gasteiger partial charge < -0.3 is 4.74 Å². The molecule has 0 aliphatic heterocycles. The zero-order valence-electron chi connectivity index (χ0n) is 10.5. The van der Waals surface area contributed by atoms with Crippen LogP contribution in [0.3, 0.4) is 0 Å². The number of hydrogen-bond acceptors (Lipinski definition) is 4. The molecule has 0 N–H and O–H groups in total. The van der Waals surface area contributed by atoms with Crippen molar-refractivity contribution in [2.75, 3.05) is 12.9 Å². The number of carbonyl (C=O) groups excluding carboxylic acids is 1. The summed E-state index contributed by atoms with van der Waals surface area (Å²) in [6.07, 6.45) is 0. The van der Waals surface area contributed by atoms with Crippen LogP contribution in [0.4, 0.5) is 4.39 Å². The van der Waals surface area contributed by atoms with Crippen molar-refractivity contribution in [2.45, 2.75) is 12.7 Å². The number of methoxy groups -OCH3 is 1. The van der Waals surface area contributed by atoms with Gasteiger partial charge in [0, 0.05) is 10.0 Å². The summed E-state index contributed by atoms with van der Waals surface area (Å²) in [4.78, 5) is 11.2. The van der Waals surface area contributed by atoms with Crippen molar-refractivity contribution in [2.24, 2.45) is 5.92 Å². The first-order valence-electron chi connectivity index (χ1n) is 5.47. The highest BCUT2D eigenvalue weighted by Gasteiger charge is 2.23. The Labute approximate surface area is 120 Å². The Kier molecular flexibility index (Phi) is 5.49. The van der Waals surface area contributed by atoms with Crippen molar-refractivity contribution in [1.29, 1.82) is 0 Å². The molecule has 0 fully saturated rings. The number of esters is 1. The molecule has 0 spiro atoms. The summed E-state index contributed by atoms with van der Waals surface area (Å²) in [5.41, 5.74) is 0.0836. The predicted molar refractivity (Wildman–Crippen MR) is 72.8 cm³/mol. The van der Waals surface area contributed by atoms with Crippen molar-refractivity contribution in [3.8, 4) is 0 Å². The highest BCUT2D eigenvalue weighted by molar-refractivity contribution is 9.10. The van der Waals surface area contributed by atoms with Crippen molar-refractivity contribution < 1.29 is 22.3 Å². The van der Waals surface area contributed by atoms with Gasteiger partial charge in [0.2, 0.25) is 0 Å². The monoisotopic (exact) mass is 352 g/mol. The molecule has 4 nitrogen and oxygen atoms in total. The van der Waals surface area contributed by atoms with E-state index in [1.165, 1.54) is 26.2 Å². The van der Waals surface area contributed by atoms with E-state index in [1.807, 2.05) is 0 Å². The zero-order valence-corrected chi connectivity index (χ0v) is 12.9. The Balaban J connectivity index is 2.82. The first-order valence-corrected chi connectivity index (χ1v) is 8.09. The van der Waals surface area contributed by atoms with Gasteiger partial charge in [-0.1, -0.05) is 28.9 Å². The Morgan fingerprint density at radius 3 is 2.63 bits per heavy atom. The Bertz CT molecular complexity index is 571. The third-order valence-electron chi connectivity index (χ3n) is 2.50. The van der Waals surface area contributed by atoms with Crippen LogP contribution in [0.2, 0.25) is 0 Å². The van der Waals surface area contributed by atoms with Gasteiger partial charge in [0.25, 0.3) is 0 Å². The molecule has 0 aliphatic rings. The first-order chi connectivity index (χ1) is 8.75. The Morgan fingerprint density at radius 1 is 1.47 bits per heavy atom. The summed E-state index contributed by atoms with van der Waals surface area (Å²) in [6.45, 7) is 1.46. The quantitative estimate of drug-likeness (QED) is 0.763. The van der Waals surface area contributed by atoms with Gasteiger partial charge in [-0.15, -0.1) is 0 Å². The number of ether oxygens (including phenoxy) is 1. The average Bonchev–Trinajstić information content (AvgIpc) is 2.31. The van der Waals surface area contributed by atoms with E-state index >= 15 is 0 Å². The lowest BCUT2D eigenvalue weighted by atomic mass is 10.2. The van der Waals surface area contributed by atoms with E-state index in [0.29, 0.717) is 4.47 Å². The van der Waals surface area contributed by atoms with Crippen LogP contribution < -0.4 is 0 Å². The number of hydrogen-bond donors (Lipinski definition) is 0. The summed E-state index contributed by atoms with van der Waals surface area (Å²) >= 11 is 3.09. The van der Waals surface area contributed by atoms with E-state index in [4.69, 9.17) is 0 Å². The maximum atomic E-state index is 13.6. The number of carbonyl (C=O) groups is 1. The van der Waals surface area contributed by atoms with E-state index < -0.39 is 33.3 Å². The third kappa shape index (κ3) is 4.91. The molecule has 19 heavy (non-hydrogen) atoms. The average molecular weight is 353 g/mol. The molecule has 0 radical (unpaired) electrons. The molecule has 0 aliphatic carbocycles. The van der Waals surface area contributed by atoms with E-state index in [-0.39, 0.29) is 11.3 Å². The number of sulfone groups is 1. The third-order valence-corrected chi connectivity index (χ3v) is 4.75. The van der Waals surface area contributed by atoms with Gasteiger partial charge in [-0.25, -0.2) is 12.8 Å². The van der Waals surface area contributed by atoms with Gasteiger partial charge in [0.05, 0.1) is 24.5 Å². The van der Waals surface area contributed by atoms with Crippen LogP contribution in [0.15, 0.2) is 22.7 Å². The highest BCUT2D eigenvalue weighted by atomic mass is 79.9. The summed E-state index contributed by atoms with van der Waals surface area (Å²) in [6, 6.07) is 4.17. The summed E-state index contributed by atoms with van der Waals surface area (Å²) < 4.78 is 42.3. The van der Waals surface area contributed by atoms with Gasteiger partial charge in [-0.05, 0) is 12.1 Å². The molecule has 1 rings (SSSR count). The molecule has 7 heteroatoms. The Hall–Kier alpha value is -0.950. The van der Waals surface area contributed by atoms with Crippen LogP contribution >= 0.6 is 15.9 Å². The number of rotatable bonds is 5. The minimum Gasteiger partial charge on any atom is -0.469 e. The van der Waals surface area contributed by atoms with Crippen LogP contribution in [0.5, 0.6) is 0 Å². The van der Waals surface area contributed by atoms with E-state index in [1.54, 1.807) is 6.07 Å². The van der Waals surface area contributed by atoms with E-state index in [2.05, 4.69) is 20.7 Å². The lowest BCUT2D eigenvalue weighted by molar-refractivity contribution is -0.144. The lowest BCUT2D eigenvalue weighted by Crippen LogP contribution is -2.23. The first kappa shape index (κ1) is 16.1. The van der Waals surface area contributed by atoms with Crippen molar-refractivity contribution >= 4 is 31.7 Å². The second-order valence-corrected chi connectivity index (χ2v) is 7.24. The van der Waals surface area contributed by atoms with Gasteiger partial charge in [-0.2, -0.15) is 0 Å². The topological polar surface area (TPSA) is 60.4 Å². The van der Waals surface area contributed by atoms with Gasteiger partial charge in [0.1, 0.15) is 5.82 Å². The molecule has 0 aromatic heterocycles. The molecule has 1 aromatic rings. The minimum absolute atomic E-state index is 0.0836. The fraction of sp³-hybridized carbons (Fsp3) is 0.417. The molecular formula is C12H14BrFO4S. The normalized spacial score (nSPS) is 13.1. The van der Waals surface area contributed by atoms with Crippen LogP contribution in [0, 0.1) is 11.7 Å². The molecule has 1 atom stereocenters. The van der Waals surface area contributed by atoms with Crippen LogP contribution in [-0.2, 0) is 25.1 Å². The molecule has 1 unspecified atom stereocenters. The number of halogens is 2. The van der Waals surface area contributed by atoms with Crippen LogP contribution in [-0.4, -0.2) is 27.2 Å². The second-order valence-electron chi connectivity index (χ2n) is 4.21. The summed E-state index contributed by atoms with van der Waals surface area (Å²) in [5, 5.41) is 0. The standard InChI is InChI=1S/C12H14BrFO4S/c1-8(12(15)18-2)6-19(16,17)7-9-3-4-10(13)5-11(9)14/h3-5,8H,6-7H2,1-2H3. The maximum Gasteiger partial charge on any atom is 0.309 e. The molecule has 0 saturated heterocycles. The van der Waals surface area contributed by atoms with Crippen LogP contribution in [0.1, 0.15) is 12.5 Å². The molecular weight excluding hydrogens is 339 g/mol. The molecule has 0 heterocycles. The van der Waals surface area contributed by atoms with Crippen molar-refractivity contribution in [3.05, 3.63) is 34.1 Å². The maximum absolute atomic E-state index is 13.6. The van der Waals surface area contributed by atoms with E-state index in [9.17, 15) is 17.6 Å². The fourth-order valence-corrected chi connectivity index (χ4v) is 3.64. The summed E-state index contributed by atoms with van der Waals surface area (Å²) in [5.74, 6) is -2.76. The smallest absolute Gasteiger partial charge is 0.309 e. The lowest BCUT2D eigenvalue weighted by Gasteiger charge is -2.10. The molecule has 1 aromatic carbocycles. The zero-order chi connectivity index (χ0) is 14.6. The number of benzene rings is 1.